The molecule has 8 heteroatoms. The average Bonchev–Trinajstić information content (AvgIpc) is 2.63. The summed E-state index contributed by atoms with van der Waals surface area (Å²) in [6, 6.07) is 14.9. The van der Waals surface area contributed by atoms with Gasteiger partial charge in [0.15, 0.2) is 0 Å². The van der Waals surface area contributed by atoms with Crippen molar-refractivity contribution < 1.29 is 13.2 Å². The fourth-order valence-corrected chi connectivity index (χ4v) is 5.46. The second-order valence-corrected chi connectivity index (χ2v) is 10.7. The molecule has 0 aromatic heterocycles. The van der Waals surface area contributed by atoms with Crippen LogP contribution < -0.4 is 5.32 Å². The molecule has 1 saturated heterocycles. The maximum Gasteiger partial charge on any atom is 0.227 e. The van der Waals surface area contributed by atoms with E-state index >= 15 is 0 Å². The Morgan fingerprint density at radius 3 is 2.44 bits per heavy atom. The van der Waals surface area contributed by atoms with E-state index in [-0.39, 0.29) is 17.6 Å². The molecule has 0 atom stereocenters. The van der Waals surface area contributed by atoms with Crippen LogP contribution in [0, 0.1) is 9.49 Å². The summed E-state index contributed by atoms with van der Waals surface area (Å²) in [6.45, 7) is 0.752. The van der Waals surface area contributed by atoms with E-state index in [2.05, 4.69) is 43.8 Å². The Bertz CT molecular complexity index is 911. The van der Waals surface area contributed by atoms with Gasteiger partial charge in [-0.15, -0.1) is 0 Å². The van der Waals surface area contributed by atoms with Gasteiger partial charge in [-0.1, -0.05) is 28.1 Å². The van der Waals surface area contributed by atoms with Crippen molar-refractivity contribution in [3.05, 3.63) is 62.1 Å². The van der Waals surface area contributed by atoms with Crippen LogP contribution in [-0.4, -0.2) is 31.7 Å². The van der Waals surface area contributed by atoms with Gasteiger partial charge in [0, 0.05) is 32.7 Å². The fourth-order valence-electron chi connectivity index (χ4n) is 3.10. The van der Waals surface area contributed by atoms with Crippen LogP contribution >= 0.6 is 38.5 Å². The Kier molecular flexibility index (Phi) is 6.93. The summed E-state index contributed by atoms with van der Waals surface area (Å²) in [7, 11) is -3.39. The van der Waals surface area contributed by atoms with Crippen molar-refractivity contribution in [1.29, 1.82) is 0 Å². The van der Waals surface area contributed by atoms with Crippen molar-refractivity contribution in [2.45, 2.75) is 18.6 Å². The number of nitrogens with zero attached hydrogens (tertiary/aromatic N) is 1. The number of nitrogens with one attached hydrogen (secondary N) is 1. The average molecular weight is 563 g/mol. The maximum atomic E-state index is 12.7. The van der Waals surface area contributed by atoms with Crippen molar-refractivity contribution in [3.8, 4) is 0 Å². The van der Waals surface area contributed by atoms with E-state index in [0.29, 0.717) is 25.9 Å². The number of hydrogen-bond acceptors (Lipinski definition) is 3. The molecule has 1 aliphatic heterocycles. The van der Waals surface area contributed by atoms with Crippen LogP contribution in [0.2, 0.25) is 0 Å². The Labute approximate surface area is 181 Å². The van der Waals surface area contributed by atoms with E-state index in [0.717, 1.165) is 19.3 Å². The summed E-state index contributed by atoms with van der Waals surface area (Å²) < 4.78 is 28.8. The molecule has 27 heavy (non-hydrogen) atoms. The first-order chi connectivity index (χ1) is 12.8. The molecule has 1 amide bonds. The molecule has 1 fully saturated rings. The molecule has 144 valence electrons. The Morgan fingerprint density at radius 1 is 1.15 bits per heavy atom. The molecule has 1 N–H and O–H groups in total. The van der Waals surface area contributed by atoms with E-state index in [1.165, 1.54) is 4.31 Å². The zero-order valence-electron chi connectivity index (χ0n) is 14.6. The van der Waals surface area contributed by atoms with Gasteiger partial charge in [0.05, 0.1) is 5.75 Å². The third kappa shape index (κ3) is 5.75. The molecule has 2 aromatic rings. The molecule has 0 saturated carbocycles. The Hall–Kier alpha value is -0.970. The summed E-state index contributed by atoms with van der Waals surface area (Å²) in [6.07, 6.45) is 1.07. The molecule has 0 radical (unpaired) electrons. The van der Waals surface area contributed by atoms with Gasteiger partial charge in [0.1, 0.15) is 0 Å². The molecule has 0 spiro atoms. The Morgan fingerprint density at radius 2 is 1.81 bits per heavy atom. The first-order valence-electron chi connectivity index (χ1n) is 8.62. The first-order valence-corrected chi connectivity index (χ1v) is 12.1. The second kappa shape index (κ2) is 9.02. The summed E-state index contributed by atoms with van der Waals surface area (Å²) >= 11 is 5.58. The Balaban J connectivity index is 1.56. The minimum atomic E-state index is -3.39. The zero-order chi connectivity index (χ0) is 19.4. The minimum absolute atomic E-state index is 0.0219. The summed E-state index contributed by atoms with van der Waals surface area (Å²) in [5, 5.41) is 2.92. The highest BCUT2D eigenvalue weighted by molar-refractivity contribution is 14.1. The molecule has 0 aliphatic carbocycles. The number of benzene rings is 2. The maximum absolute atomic E-state index is 12.7. The van der Waals surface area contributed by atoms with E-state index in [1.807, 2.05) is 48.5 Å². The van der Waals surface area contributed by atoms with Gasteiger partial charge >= 0.3 is 0 Å². The van der Waals surface area contributed by atoms with Gasteiger partial charge in [-0.05, 0) is 77.4 Å². The molecule has 5 nitrogen and oxygen atoms in total. The van der Waals surface area contributed by atoms with Crippen molar-refractivity contribution in [3.63, 3.8) is 0 Å². The number of piperidine rings is 1. The molecule has 3 rings (SSSR count). The van der Waals surface area contributed by atoms with Crippen LogP contribution in [0.4, 0.5) is 5.69 Å². The quantitative estimate of drug-likeness (QED) is 0.555. The lowest BCUT2D eigenvalue weighted by atomic mass is 9.97. The second-order valence-electron chi connectivity index (χ2n) is 6.56. The van der Waals surface area contributed by atoms with Gasteiger partial charge in [-0.3, -0.25) is 4.79 Å². The highest BCUT2D eigenvalue weighted by atomic mass is 127. The van der Waals surface area contributed by atoms with Crippen LogP contribution in [0.5, 0.6) is 0 Å². The predicted octanol–water partition coefficient (Wildman–Crippen LogP) is 4.23. The number of carbonyl (C=O) groups excluding carboxylic acids is 1. The fraction of sp³-hybridized carbons (Fsp3) is 0.316. The normalized spacial score (nSPS) is 16.2. The van der Waals surface area contributed by atoms with Crippen molar-refractivity contribution in [1.82, 2.24) is 4.31 Å². The SMILES string of the molecule is O=C(Nc1ccc(I)cc1)C1CCN(S(=O)(=O)Cc2cccc(Br)c2)CC1. The smallest absolute Gasteiger partial charge is 0.227 e. The molecule has 2 aromatic carbocycles. The van der Waals surface area contributed by atoms with Crippen LogP contribution in [0.1, 0.15) is 18.4 Å². The highest BCUT2D eigenvalue weighted by Gasteiger charge is 2.31. The molecule has 0 unspecified atom stereocenters. The van der Waals surface area contributed by atoms with Crippen molar-refractivity contribution >= 4 is 60.1 Å². The number of halogens is 2. The van der Waals surface area contributed by atoms with Crippen molar-refractivity contribution in [2.75, 3.05) is 18.4 Å². The number of hydrogen-bond donors (Lipinski definition) is 1. The van der Waals surface area contributed by atoms with Gasteiger partial charge in [0.2, 0.25) is 15.9 Å². The van der Waals surface area contributed by atoms with Crippen LogP contribution in [0.15, 0.2) is 53.0 Å². The summed E-state index contributed by atoms with van der Waals surface area (Å²) in [5.41, 5.74) is 1.52. The lowest BCUT2D eigenvalue weighted by Crippen LogP contribution is -2.41. The number of sulfonamides is 1. The van der Waals surface area contributed by atoms with E-state index in [9.17, 15) is 13.2 Å². The monoisotopic (exact) mass is 562 g/mol. The number of rotatable bonds is 5. The number of carbonyl (C=O) groups is 1. The molecular weight excluding hydrogens is 543 g/mol. The van der Waals surface area contributed by atoms with E-state index < -0.39 is 10.0 Å². The first kappa shape index (κ1) is 20.8. The summed E-state index contributed by atoms with van der Waals surface area (Å²) in [4.78, 5) is 12.5. The predicted molar refractivity (Wildman–Crippen MR) is 119 cm³/mol. The van der Waals surface area contributed by atoms with Gasteiger partial charge in [-0.25, -0.2) is 12.7 Å². The number of anilines is 1. The molecule has 1 aliphatic rings. The van der Waals surface area contributed by atoms with E-state index in [1.54, 1.807) is 0 Å². The zero-order valence-corrected chi connectivity index (χ0v) is 19.1. The van der Waals surface area contributed by atoms with Crippen LogP contribution in [0.3, 0.4) is 0 Å². The summed E-state index contributed by atoms with van der Waals surface area (Å²) in [5.74, 6) is -0.228. The van der Waals surface area contributed by atoms with Gasteiger partial charge < -0.3 is 5.32 Å². The lowest BCUT2D eigenvalue weighted by molar-refractivity contribution is -0.120. The van der Waals surface area contributed by atoms with Crippen LogP contribution in [-0.2, 0) is 20.6 Å². The third-order valence-corrected chi connectivity index (χ3v) is 7.63. The van der Waals surface area contributed by atoms with Crippen molar-refractivity contribution in [2.24, 2.45) is 5.92 Å². The minimum Gasteiger partial charge on any atom is -0.326 e. The number of amides is 1. The third-order valence-electron chi connectivity index (χ3n) is 4.57. The largest absolute Gasteiger partial charge is 0.326 e. The van der Waals surface area contributed by atoms with Crippen LogP contribution in [0.25, 0.3) is 0 Å². The topological polar surface area (TPSA) is 66.5 Å². The van der Waals surface area contributed by atoms with E-state index in [4.69, 9.17) is 0 Å². The lowest BCUT2D eigenvalue weighted by Gasteiger charge is -2.30. The molecule has 1 heterocycles. The van der Waals surface area contributed by atoms with Gasteiger partial charge in [0.25, 0.3) is 0 Å². The highest BCUT2D eigenvalue weighted by Crippen LogP contribution is 2.24. The molecule has 0 bridgehead atoms. The van der Waals surface area contributed by atoms with Gasteiger partial charge in [-0.2, -0.15) is 0 Å². The molecular formula is C19H20BrIN2O3S. The standard InChI is InChI=1S/C19H20BrIN2O3S/c20-16-3-1-2-14(12-16)13-27(25,26)23-10-8-15(9-11-23)19(24)22-18-6-4-17(21)5-7-18/h1-7,12,15H,8-11,13H2,(H,22,24).